The Morgan fingerprint density at radius 1 is 1.26 bits per heavy atom. The van der Waals surface area contributed by atoms with Crippen LogP contribution in [0.1, 0.15) is 19.9 Å². The van der Waals surface area contributed by atoms with Gasteiger partial charge in [-0.2, -0.15) is 0 Å². The van der Waals surface area contributed by atoms with Crippen molar-refractivity contribution in [2.45, 2.75) is 19.9 Å². The number of para-hydroxylation sites is 1. The quantitative estimate of drug-likeness (QED) is 0.808. The van der Waals surface area contributed by atoms with E-state index in [4.69, 9.17) is 0 Å². The molecule has 0 spiro atoms. The Kier molecular flexibility index (Phi) is 3.77. The lowest BCUT2D eigenvalue weighted by molar-refractivity contribution is 0.258. The van der Waals surface area contributed by atoms with Crippen LogP contribution >= 0.6 is 0 Å². The SMILES string of the molecule is CC(C)n1cc(NC(=O)N(C)c2cn(C)c3ccccc23)nn1. The predicted octanol–water partition coefficient (Wildman–Crippen LogP) is 3.02. The number of nitrogens with zero attached hydrogens (tertiary/aromatic N) is 5. The van der Waals surface area contributed by atoms with Crippen LogP contribution in [0.4, 0.5) is 16.3 Å². The van der Waals surface area contributed by atoms with Gasteiger partial charge in [-0.25, -0.2) is 9.48 Å². The van der Waals surface area contributed by atoms with Gasteiger partial charge >= 0.3 is 6.03 Å². The van der Waals surface area contributed by atoms with Crippen molar-refractivity contribution >= 4 is 28.4 Å². The monoisotopic (exact) mass is 312 g/mol. The molecule has 2 heterocycles. The number of hydrogen-bond acceptors (Lipinski definition) is 3. The number of hydrogen-bond donors (Lipinski definition) is 1. The van der Waals surface area contributed by atoms with Crippen molar-refractivity contribution in [3.05, 3.63) is 36.7 Å². The molecule has 0 saturated carbocycles. The van der Waals surface area contributed by atoms with Crippen LogP contribution in [0.5, 0.6) is 0 Å². The number of carbonyl (C=O) groups is 1. The topological polar surface area (TPSA) is 68.0 Å². The predicted molar refractivity (Wildman–Crippen MR) is 90.7 cm³/mol. The molecular formula is C16H20N6O. The van der Waals surface area contributed by atoms with Crippen LogP contribution in [0.3, 0.4) is 0 Å². The molecule has 2 aromatic heterocycles. The van der Waals surface area contributed by atoms with E-state index in [0.717, 1.165) is 16.6 Å². The van der Waals surface area contributed by atoms with E-state index in [1.807, 2.05) is 55.9 Å². The highest BCUT2D eigenvalue weighted by Crippen LogP contribution is 2.28. The van der Waals surface area contributed by atoms with Gasteiger partial charge in [-0.05, 0) is 19.9 Å². The summed E-state index contributed by atoms with van der Waals surface area (Å²) in [5, 5.41) is 11.8. The number of anilines is 2. The fourth-order valence-electron chi connectivity index (χ4n) is 2.48. The lowest BCUT2D eigenvalue weighted by atomic mass is 10.2. The zero-order valence-electron chi connectivity index (χ0n) is 13.7. The molecule has 7 nitrogen and oxygen atoms in total. The zero-order chi connectivity index (χ0) is 16.6. The van der Waals surface area contributed by atoms with E-state index in [1.54, 1.807) is 22.8 Å². The first-order chi connectivity index (χ1) is 11.0. The fraction of sp³-hybridized carbons (Fsp3) is 0.312. The van der Waals surface area contributed by atoms with E-state index < -0.39 is 0 Å². The molecule has 120 valence electrons. The fourth-order valence-corrected chi connectivity index (χ4v) is 2.48. The van der Waals surface area contributed by atoms with Gasteiger partial charge in [0.15, 0.2) is 5.82 Å². The van der Waals surface area contributed by atoms with Gasteiger partial charge in [0.25, 0.3) is 0 Å². The second-order valence-corrected chi connectivity index (χ2v) is 5.81. The molecular weight excluding hydrogens is 292 g/mol. The first-order valence-corrected chi connectivity index (χ1v) is 7.48. The molecule has 7 heteroatoms. The highest BCUT2D eigenvalue weighted by Gasteiger charge is 2.17. The minimum Gasteiger partial charge on any atom is -0.348 e. The first kappa shape index (κ1) is 15.1. The Balaban J connectivity index is 1.83. The molecule has 1 aromatic carbocycles. The van der Waals surface area contributed by atoms with Crippen LogP contribution in [-0.2, 0) is 7.05 Å². The molecule has 3 aromatic rings. The zero-order valence-corrected chi connectivity index (χ0v) is 13.7. The highest BCUT2D eigenvalue weighted by molar-refractivity contribution is 6.07. The normalized spacial score (nSPS) is 11.2. The standard InChI is InChI=1S/C16H20N6O/c1-11(2)22-10-15(18-19-22)17-16(23)21(4)14-9-20(3)13-8-6-5-7-12(13)14/h5-11H,1-4H3,(H,17,23). The number of fused-ring (bicyclic) bond motifs is 1. The van der Waals surface area contributed by atoms with Crippen molar-refractivity contribution in [2.24, 2.45) is 7.05 Å². The Bertz CT molecular complexity index is 847. The summed E-state index contributed by atoms with van der Waals surface area (Å²) in [6.45, 7) is 4.00. The summed E-state index contributed by atoms with van der Waals surface area (Å²) in [6.07, 6.45) is 3.66. The molecule has 3 rings (SSSR count). The van der Waals surface area contributed by atoms with Gasteiger partial charge < -0.3 is 4.57 Å². The Morgan fingerprint density at radius 3 is 2.70 bits per heavy atom. The van der Waals surface area contributed by atoms with Crippen molar-refractivity contribution in [1.29, 1.82) is 0 Å². The van der Waals surface area contributed by atoms with E-state index in [1.165, 1.54) is 0 Å². The number of rotatable bonds is 3. The van der Waals surface area contributed by atoms with E-state index in [9.17, 15) is 4.79 Å². The number of amides is 2. The van der Waals surface area contributed by atoms with Gasteiger partial charge in [-0.3, -0.25) is 10.2 Å². The third kappa shape index (κ3) is 2.77. The number of aryl methyl sites for hydroxylation is 1. The summed E-state index contributed by atoms with van der Waals surface area (Å²) < 4.78 is 3.71. The van der Waals surface area contributed by atoms with Gasteiger partial charge in [-0.15, -0.1) is 5.10 Å². The summed E-state index contributed by atoms with van der Waals surface area (Å²) in [7, 11) is 3.70. The lowest BCUT2D eigenvalue weighted by Gasteiger charge is -2.16. The summed E-state index contributed by atoms with van der Waals surface area (Å²) >= 11 is 0. The molecule has 0 saturated heterocycles. The largest absolute Gasteiger partial charge is 0.348 e. The smallest absolute Gasteiger partial charge is 0.327 e. The molecule has 0 bridgehead atoms. The maximum atomic E-state index is 12.5. The maximum Gasteiger partial charge on any atom is 0.327 e. The minimum atomic E-state index is -0.253. The molecule has 0 aliphatic rings. The second kappa shape index (κ2) is 5.75. The Morgan fingerprint density at radius 2 is 2.00 bits per heavy atom. The van der Waals surface area contributed by atoms with Gasteiger partial charge in [0.05, 0.1) is 11.9 Å². The molecule has 0 atom stereocenters. The maximum absolute atomic E-state index is 12.5. The van der Waals surface area contributed by atoms with Crippen LogP contribution in [0.15, 0.2) is 36.7 Å². The van der Waals surface area contributed by atoms with Crippen molar-refractivity contribution in [1.82, 2.24) is 19.6 Å². The average Bonchev–Trinajstić information content (AvgIpc) is 3.12. The average molecular weight is 312 g/mol. The van der Waals surface area contributed by atoms with Crippen LogP contribution in [-0.4, -0.2) is 32.6 Å². The number of nitrogens with one attached hydrogen (secondary N) is 1. The van der Waals surface area contributed by atoms with E-state index in [-0.39, 0.29) is 12.1 Å². The van der Waals surface area contributed by atoms with Crippen LogP contribution in [0.2, 0.25) is 0 Å². The van der Waals surface area contributed by atoms with Crippen molar-refractivity contribution < 1.29 is 4.79 Å². The molecule has 2 amide bonds. The van der Waals surface area contributed by atoms with Crippen molar-refractivity contribution in [2.75, 3.05) is 17.3 Å². The van der Waals surface area contributed by atoms with Crippen LogP contribution < -0.4 is 10.2 Å². The number of carbonyl (C=O) groups excluding carboxylic acids is 1. The first-order valence-electron chi connectivity index (χ1n) is 7.48. The van der Waals surface area contributed by atoms with Crippen molar-refractivity contribution in [3.8, 4) is 0 Å². The summed E-state index contributed by atoms with van der Waals surface area (Å²) in [6, 6.07) is 7.92. The molecule has 0 aliphatic heterocycles. The van der Waals surface area contributed by atoms with Gasteiger partial charge in [0, 0.05) is 37.2 Å². The van der Waals surface area contributed by atoms with E-state index >= 15 is 0 Å². The molecule has 23 heavy (non-hydrogen) atoms. The lowest BCUT2D eigenvalue weighted by Crippen LogP contribution is -2.31. The summed E-state index contributed by atoms with van der Waals surface area (Å²) in [5.74, 6) is 0.441. The van der Waals surface area contributed by atoms with Gasteiger partial charge in [0.2, 0.25) is 0 Å². The third-order valence-corrected chi connectivity index (χ3v) is 3.82. The minimum absolute atomic E-state index is 0.198. The molecule has 0 fully saturated rings. The van der Waals surface area contributed by atoms with Crippen LogP contribution in [0, 0.1) is 0 Å². The van der Waals surface area contributed by atoms with Crippen LogP contribution in [0.25, 0.3) is 10.9 Å². The van der Waals surface area contributed by atoms with E-state index in [2.05, 4.69) is 15.6 Å². The molecule has 1 N–H and O–H groups in total. The van der Waals surface area contributed by atoms with Gasteiger partial charge in [-0.1, -0.05) is 23.4 Å². The summed E-state index contributed by atoms with van der Waals surface area (Å²) in [4.78, 5) is 14.1. The van der Waals surface area contributed by atoms with E-state index in [0.29, 0.717) is 5.82 Å². The number of urea groups is 1. The molecule has 0 radical (unpaired) electrons. The summed E-state index contributed by atoms with van der Waals surface area (Å²) in [5.41, 5.74) is 1.92. The molecule has 0 aliphatic carbocycles. The molecule has 0 unspecified atom stereocenters. The highest BCUT2D eigenvalue weighted by atomic mass is 16.2. The third-order valence-electron chi connectivity index (χ3n) is 3.82. The Labute approximate surface area is 134 Å². The van der Waals surface area contributed by atoms with Gasteiger partial charge in [0.1, 0.15) is 0 Å². The number of benzene rings is 1. The second-order valence-electron chi connectivity index (χ2n) is 5.81. The Hall–Kier alpha value is -2.83. The van der Waals surface area contributed by atoms with Crippen molar-refractivity contribution in [3.63, 3.8) is 0 Å². The number of aromatic nitrogens is 4.